The number of hydrogen-bond donors (Lipinski definition) is 0. The first-order chi connectivity index (χ1) is 2.77. The topological polar surface area (TPSA) is 0 Å². The molecule has 0 nitrogen and oxygen atoms in total. The van der Waals surface area contributed by atoms with Gasteiger partial charge in [0.25, 0.3) is 0 Å². The molecule has 0 spiro atoms. The van der Waals surface area contributed by atoms with Crippen molar-refractivity contribution in [3.05, 3.63) is 0 Å². The normalized spacial score (nSPS) is 9.33. The molecule has 0 aliphatic carbocycles. The zero-order valence-electron chi connectivity index (χ0n) is 3.72. The van der Waals surface area contributed by atoms with Crippen molar-refractivity contribution in [3.8, 4) is 0 Å². The van der Waals surface area contributed by atoms with E-state index in [1.165, 1.54) is 6.69 Å². The molecule has 0 rings (SSSR count). The van der Waals surface area contributed by atoms with Crippen molar-refractivity contribution in [1.29, 1.82) is 0 Å². The van der Waals surface area contributed by atoms with Crippen molar-refractivity contribution >= 4 is 36.2 Å². The average Bonchev–Trinajstić information content (AvgIpc) is 1.35. The molecule has 0 aliphatic rings. The molecular weight excluding hydrogens is 87.3 g/mol. The molecule has 0 fully saturated rings. The molecule has 0 heterocycles. The van der Waals surface area contributed by atoms with Crippen LogP contribution in [0.25, 0.3) is 0 Å². The van der Waals surface area contributed by atoms with E-state index in [1.807, 2.05) is 6.26 Å². The van der Waals surface area contributed by atoms with Gasteiger partial charge in [0.2, 0.25) is 0 Å². The van der Waals surface area contributed by atoms with Crippen LogP contribution in [0.2, 0.25) is 0 Å². The van der Waals surface area contributed by atoms with E-state index in [0.29, 0.717) is 0 Å². The zero-order valence-corrected chi connectivity index (χ0v) is 4.53. The predicted molar refractivity (Wildman–Crippen MR) is 36.5 cm³/mol. The van der Waals surface area contributed by atoms with Crippen LogP contribution in [0.3, 0.4) is 0 Å². The third kappa shape index (κ3) is 4.48. The van der Waals surface area contributed by atoms with E-state index in [0.717, 1.165) is 0 Å². The Morgan fingerprint density at radius 3 is 2.17 bits per heavy atom. The molecule has 0 unspecified atom stereocenters. The van der Waals surface area contributed by atoms with Crippen LogP contribution in [0.15, 0.2) is 0 Å². The van der Waals surface area contributed by atoms with Crippen LogP contribution in [-0.4, -0.2) is 32.9 Å². The van der Waals surface area contributed by atoms with Crippen LogP contribution in [0, 0.1) is 0 Å². The maximum absolute atomic E-state index is 5.26. The van der Waals surface area contributed by atoms with Crippen LogP contribution in [-0.2, 0) is 0 Å². The second-order valence-corrected chi connectivity index (χ2v) is 2.42. The maximum atomic E-state index is 5.26. The Hall–Kier alpha value is 0.480. The Kier molecular flexibility index (Phi) is 3.96. The van der Waals surface area contributed by atoms with Gasteiger partial charge in [-0.3, -0.25) is 0 Å². The van der Waals surface area contributed by atoms with E-state index in [2.05, 4.69) is 0 Å². The summed E-state index contributed by atoms with van der Waals surface area (Å²) in [6.45, 7) is 6.73. The van der Waals surface area contributed by atoms with E-state index in [1.54, 1.807) is 6.05 Å². The Bertz CT molecular complexity index is 149. The molecule has 0 saturated carbocycles. The van der Waals surface area contributed by atoms with Crippen LogP contribution in [0.4, 0.5) is 0 Å². The molecule has 0 bridgehead atoms. The quantitative estimate of drug-likeness (QED) is 0.373. The first kappa shape index (κ1) is 6.48. The van der Waals surface area contributed by atoms with Crippen LogP contribution in [0.5, 0.6) is 0 Å². The predicted octanol–water partition coefficient (Wildman–Crippen LogP) is -0.710. The summed E-state index contributed by atoms with van der Waals surface area (Å²) >= 11 is 0. The molecule has 0 atom stereocenters. The molecule has 1 radical (unpaired) electrons. The second-order valence-electron chi connectivity index (χ2n) is 0.936. The summed E-state index contributed by atoms with van der Waals surface area (Å²) in [5, 5.41) is 0. The second kappa shape index (κ2) is 3.66. The average molecular weight is 90.3 g/mol. The minimum atomic E-state index is -0.121. The first-order valence-electron chi connectivity index (χ1n) is 1.55. The van der Waals surface area contributed by atoms with Crippen molar-refractivity contribution in [2.45, 2.75) is 0 Å². The molecule has 25 valence electrons. The van der Waals surface area contributed by atoms with E-state index in [4.69, 9.17) is 13.9 Å². The molecule has 6 heavy (non-hydrogen) atoms. The molecule has 0 aliphatic heterocycles. The molecule has 0 amide bonds. The molecule has 0 aromatic rings. The summed E-state index contributed by atoms with van der Waals surface area (Å²) in [5.41, 5.74) is 0. The summed E-state index contributed by atoms with van der Waals surface area (Å²) in [6, 6.07) is 1.75. The molecule has 0 aromatic heterocycles. The SMILES string of the molecule is [B]=BB=S(#B)C. The van der Waals surface area contributed by atoms with Gasteiger partial charge in [-0.25, -0.2) is 0 Å². The zero-order chi connectivity index (χ0) is 4.99. The van der Waals surface area contributed by atoms with Gasteiger partial charge < -0.3 is 0 Å². The van der Waals surface area contributed by atoms with Gasteiger partial charge in [-0.1, -0.05) is 0 Å². The van der Waals surface area contributed by atoms with Gasteiger partial charge in [0.05, 0.1) is 0 Å². The molecule has 0 aromatic carbocycles. The first-order valence-corrected chi connectivity index (χ1v) is 3.31. The van der Waals surface area contributed by atoms with Crippen LogP contribution >= 0.6 is 9.56 Å². The monoisotopic (exact) mass is 91.0 g/mol. The summed E-state index contributed by atoms with van der Waals surface area (Å²) in [6.07, 6.45) is 1.89. The third-order valence-corrected chi connectivity index (χ3v) is 0.880. The molecule has 0 N–H and O–H groups in total. The van der Waals surface area contributed by atoms with Gasteiger partial charge in [-0.2, -0.15) is 0 Å². The van der Waals surface area contributed by atoms with Gasteiger partial charge in [0.1, 0.15) is 0 Å². The van der Waals surface area contributed by atoms with Crippen molar-refractivity contribution in [2.24, 2.45) is 0 Å². The van der Waals surface area contributed by atoms with Gasteiger partial charge in [0.15, 0.2) is 0 Å². The Morgan fingerprint density at radius 1 is 1.67 bits per heavy atom. The summed E-state index contributed by atoms with van der Waals surface area (Å²) in [4.78, 5) is 0. The Morgan fingerprint density at radius 2 is 2.17 bits per heavy atom. The van der Waals surface area contributed by atoms with Gasteiger partial charge in [0, 0.05) is 0 Å². The van der Waals surface area contributed by atoms with Gasteiger partial charge in [-0.05, 0) is 0 Å². The fraction of sp³-hybridized carbons (Fsp3) is 1.00. The third-order valence-electron chi connectivity index (χ3n) is 0.293. The summed E-state index contributed by atoms with van der Waals surface area (Å²) in [5.74, 6) is 0. The summed E-state index contributed by atoms with van der Waals surface area (Å²) < 4.78 is 0. The fourth-order valence-corrected chi connectivity index (χ4v) is 0.372. The van der Waals surface area contributed by atoms with Crippen molar-refractivity contribution in [3.63, 3.8) is 0 Å². The van der Waals surface area contributed by atoms with Crippen LogP contribution < -0.4 is 0 Å². The van der Waals surface area contributed by atoms with Crippen molar-refractivity contribution in [2.75, 3.05) is 6.26 Å². The van der Waals surface area contributed by atoms with Crippen molar-refractivity contribution < 1.29 is 0 Å². The molecular formula is CH3B4S. The fourth-order valence-electron chi connectivity index (χ4n) is 0.124. The van der Waals surface area contributed by atoms with Crippen molar-refractivity contribution in [1.82, 2.24) is 0 Å². The Labute approximate surface area is 43.1 Å². The van der Waals surface area contributed by atoms with E-state index in [-0.39, 0.29) is 9.56 Å². The van der Waals surface area contributed by atoms with Crippen LogP contribution in [0.1, 0.15) is 0 Å². The molecule has 0 saturated heterocycles. The van der Waals surface area contributed by atoms with Gasteiger partial charge >= 0.3 is 42.5 Å². The van der Waals surface area contributed by atoms with E-state index >= 15 is 0 Å². The number of hydrogen-bond acceptors (Lipinski definition) is 0. The standard InChI is InChI=1S/CH3B4S/c1-6(3)5-4-2/h1H3. The summed E-state index contributed by atoms with van der Waals surface area (Å²) in [7, 11) is 4.85. The minimum absolute atomic E-state index is 0.121. The number of rotatable bonds is 1. The molecule has 5 heteroatoms. The van der Waals surface area contributed by atoms with E-state index in [9.17, 15) is 0 Å². The van der Waals surface area contributed by atoms with E-state index < -0.39 is 0 Å². The Balaban J connectivity index is 3.89. The van der Waals surface area contributed by atoms with Gasteiger partial charge in [-0.15, -0.1) is 0 Å².